The maximum absolute atomic E-state index is 6.42. The van der Waals surface area contributed by atoms with Crippen LogP contribution in [0.3, 0.4) is 0 Å². The zero-order valence-corrected chi connectivity index (χ0v) is 11.5. The lowest BCUT2D eigenvalue weighted by atomic mass is 9.77. The van der Waals surface area contributed by atoms with E-state index in [2.05, 4.69) is 19.9 Å². The Bertz CT molecular complexity index is 381. The summed E-state index contributed by atoms with van der Waals surface area (Å²) in [7, 11) is 0. The maximum atomic E-state index is 6.42. The molecule has 1 saturated carbocycles. The number of nitrogens with two attached hydrogens (primary N) is 1. The normalized spacial score (nSPS) is 26.8. The summed E-state index contributed by atoms with van der Waals surface area (Å²) in [6.07, 6.45) is 5.19. The summed E-state index contributed by atoms with van der Waals surface area (Å²) in [6, 6.07) is 6.25. The minimum Gasteiger partial charge on any atom is -0.324 e. The molecule has 0 amide bonds. The lowest BCUT2D eigenvalue weighted by Crippen LogP contribution is -2.26. The third-order valence-electron chi connectivity index (χ3n) is 4.16. The Balaban J connectivity index is 2.11. The monoisotopic (exact) mass is 251 g/mol. The number of hydrogen-bond donors (Lipinski definition) is 1. The van der Waals surface area contributed by atoms with E-state index in [0.717, 1.165) is 10.9 Å². The van der Waals surface area contributed by atoms with Crippen molar-refractivity contribution in [2.45, 2.75) is 45.6 Å². The van der Waals surface area contributed by atoms with Gasteiger partial charge in [0, 0.05) is 11.1 Å². The standard InChI is InChI=1S/C15H22ClN/c1-10-3-5-12(6-4-10)15(17)14-8-7-13(16)9-11(14)2/h7-10,12,15H,3-6,17H2,1-2H3. The van der Waals surface area contributed by atoms with Gasteiger partial charge in [-0.1, -0.05) is 37.4 Å². The third-order valence-corrected chi connectivity index (χ3v) is 4.39. The first kappa shape index (κ1) is 12.9. The second kappa shape index (κ2) is 5.41. The molecule has 1 aromatic rings. The molecule has 17 heavy (non-hydrogen) atoms. The second-order valence-electron chi connectivity index (χ2n) is 5.55. The second-order valence-corrected chi connectivity index (χ2v) is 5.98. The highest BCUT2D eigenvalue weighted by molar-refractivity contribution is 6.30. The minimum atomic E-state index is 0.180. The molecule has 1 unspecified atom stereocenters. The maximum Gasteiger partial charge on any atom is 0.0408 e. The van der Waals surface area contributed by atoms with Gasteiger partial charge in [-0.2, -0.15) is 0 Å². The van der Waals surface area contributed by atoms with Gasteiger partial charge >= 0.3 is 0 Å². The zero-order chi connectivity index (χ0) is 12.4. The highest BCUT2D eigenvalue weighted by Crippen LogP contribution is 2.36. The first-order valence-electron chi connectivity index (χ1n) is 6.59. The zero-order valence-electron chi connectivity index (χ0n) is 10.7. The number of rotatable bonds is 2. The summed E-state index contributed by atoms with van der Waals surface area (Å²) < 4.78 is 0. The van der Waals surface area contributed by atoms with Gasteiger partial charge in [0.05, 0.1) is 0 Å². The number of aryl methyl sites for hydroxylation is 1. The highest BCUT2D eigenvalue weighted by Gasteiger charge is 2.25. The summed E-state index contributed by atoms with van der Waals surface area (Å²) >= 11 is 5.99. The highest BCUT2D eigenvalue weighted by atomic mass is 35.5. The Labute approximate surface area is 109 Å². The van der Waals surface area contributed by atoms with Gasteiger partial charge in [0.15, 0.2) is 0 Å². The van der Waals surface area contributed by atoms with Gasteiger partial charge in [0.25, 0.3) is 0 Å². The van der Waals surface area contributed by atoms with Crippen LogP contribution in [0.25, 0.3) is 0 Å². The molecule has 1 aromatic carbocycles. The van der Waals surface area contributed by atoms with Crippen molar-refractivity contribution in [2.24, 2.45) is 17.6 Å². The molecule has 1 aliphatic carbocycles. The van der Waals surface area contributed by atoms with Crippen molar-refractivity contribution in [3.05, 3.63) is 34.3 Å². The van der Waals surface area contributed by atoms with Crippen LogP contribution in [0.5, 0.6) is 0 Å². The molecule has 2 rings (SSSR count). The Morgan fingerprint density at radius 1 is 1.24 bits per heavy atom. The van der Waals surface area contributed by atoms with E-state index < -0.39 is 0 Å². The third kappa shape index (κ3) is 3.02. The van der Waals surface area contributed by atoms with E-state index in [1.807, 2.05) is 12.1 Å². The fourth-order valence-corrected chi connectivity index (χ4v) is 3.14. The molecule has 94 valence electrons. The lowest BCUT2D eigenvalue weighted by Gasteiger charge is -2.31. The summed E-state index contributed by atoms with van der Waals surface area (Å²) in [5.74, 6) is 1.52. The van der Waals surface area contributed by atoms with Gasteiger partial charge in [-0.3, -0.25) is 0 Å². The Kier molecular flexibility index (Phi) is 4.11. The quantitative estimate of drug-likeness (QED) is 0.824. The first-order chi connectivity index (χ1) is 8.08. The van der Waals surface area contributed by atoms with Crippen molar-refractivity contribution in [2.75, 3.05) is 0 Å². The molecular weight excluding hydrogens is 230 g/mol. The molecule has 0 aliphatic heterocycles. The van der Waals surface area contributed by atoms with Gasteiger partial charge < -0.3 is 5.73 Å². The molecule has 0 radical (unpaired) electrons. The molecular formula is C15H22ClN. The lowest BCUT2D eigenvalue weighted by molar-refractivity contribution is 0.256. The summed E-state index contributed by atoms with van der Waals surface area (Å²) in [6.45, 7) is 4.45. The fraction of sp³-hybridized carbons (Fsp3) is 0.600. The summed E-state index contributed by atoms with van der Waals surface area (Å²) in [4.78, 5) is 0. The topological polar surface area (TPSA) is 26.0 Å². The van der Waals surface area contributed by atoms with Gasteiger partial charge in [-0.15, -0.1) is 0 Å². The number of benzene rings is 1. The molecule has 0 saturated heterocycles. The van der Waals surface area contributed by atoms with Crippen LogP contribution in [0.15, 0.2) is 18.2 Å². The molecule has 2 heteroatoms. The van der Waals surface area contributed by atoms with E-state index in [9.17, 15) is 0 Å². The van der Waals surface area contributed by atoms with Crippen LogP contribution in [0.2, 0.25) is 5.02 Å². The molecule has 0 bridgehead atoms. The van der Waals surface area contributed by atoms with Crippen molar-refractivity contribution in [3.8, 4) is 0 Å². The van der Waals surface area contributed by atoms with E-state index in [0.29, 0.717) is 5.92 Å². The van der Waals surface area contributed by atoms with Gasteiger partial charge in [0.1, 0.15) is 0 Å². The molecule has 1 nitrogen and oxygen atoms in total. The van der Waals surface area contributed by atoms with Crippen molar-refractivity contribution < 1.29 is 0 Å². The summed E-state index contributed by atoms with van der Waals surface area (Å²) in [5.41, 5.74) is 8.92. The molecule has 1 atom stereocenters. The van der Waals surface area contributed by atoms with Crippen LogP contribution < -0.4 is 5.73 Å². The Morgan fingerprint density at radius 3 is 2.47 bits per heavy atom. The van der Waals surface area contributed by atoms with Crippen LogP contribution >= 0.6 is 11.6 Å². The van der Waals surface area contributed by atoms with E-state index in [-0.39, 0.29) is 6.04 Å². The van der Waals surface area contributed by atoms with Crippen molar-refractivity contribution in [1.82, 2.24) is 0 Å². The van der Waals surface area contributed by atoms with Crippen molar-refractivity contribution in [3.63, 3.8) is 0 Å². The van der Waals surface area contributed by atoms with E-state index >= 15 is 0 Å². The first-order valence-corrected chi connectivity index (χ1v) is 6.97. The largest absolute Gasteiger partial charge is 0.324 e. The molecule has 1 fully saturated rings. The van der Waals surface area contributed by atoms with E-state index in [1.54, 1.807) is 0 Å². The van der Waals surface area contributed by atoms with Crippen LogP contribution in [-0.2, 0) is 0 Å². The van der Waals surface area contributed by atoms with Gasteiger partial charge in [-0.25, -0.2) is 0 Å². The Morgan fingerprint density at radius 2 is 1.88 bits per heavy atom. The molecule has 2 N–H and O–H groups in total. The average Bonchev–Trinajstić information content (AvgIpc) is 2.29. The average molecular weight is 252 g/mol. The van der Waals surface area contributed by atoms with Crippen LogP contribution in [0.4, 0.5) is 0 Å². The predicted molar refractivity (Wildman–Crippen MR) is 74.2 cm³/mol. The Hall–Kier alpha value is -0.530. The fourth-order valence-electron chi connectivity index (χ4n) is 2.91. The van der Waals surface area contributed by atoms with Gasteiger partial charge in [0.2, 0.25) is 0 Å². The van der Waals surface area contributed by atoms with E-state index in [4.69, 9.17) is 17.3 Å². The van der Waals surface area contributed by atoms with Crippen molar-refractivity contribution in [1.29, 1.82) is 0 Å². The van der Waals surface area contributed by atoms with Gasteiger partial charge in [-0.05, 0) is 54.9 Å². The molecule has 0 aromatic heterocycles. The number of hydrogen-bond acceptors (Lipinski definition) is 1. The van der Waals surface area contributed by atoms with E-state index in [1.165, 1.54) is 36.8 Å². The van der Waals surface area contributed by atoms with Crippen LogP contribution in [0.1, 0.15) is 49.8 Å². The molecule has 0 heterocycles. The molecule has 1 aliphatic rings. The predicted octanol–water partition coefficient (Wildman–Crippen LogP) is 4.47. The van der Waals surface area contributed by atoms with Crippen molar-refractivity contribution >= 4 is 11.6 Å². The minimum absolute atomic E-state index is 0.180. The number of halogens is 1. The summed E-state index contributed by atoms with van der Waals surface area (Å²) in [5, 5.41) is 0.802. The molecule has 0 spiro atoms. The SMILES string of the molecule is Cc1cc(Cl)ccc1C(N)C1CCC(C)CC1. The smallest absolute Gasteiger partial charge is 0.0408 e. The van der Waals surface area contributed by atoms with Crippen LogP contribution in [-0.4, -0.2) is 0 Å². The van der Waals surface area contributed by atoms with Crippen LogP contribution in [0, 0.1) is 18.8 Å².